The molecule has 162 valence electrons. The van der Waals surface area contributed by atoms with Crippen molar-refractivity contribution in [1.82, 2.24) is 0 Å². The average Bonchev–Trinajstić information content (AvgIpc) is 3.36. The van der Waals surface area contributed by atoms with Crippen molar-refractivity contribution in [2.75, 3.05) is 16.6 Å². The van der Waals surface area contributed by atoms with E-state index in [1.54, 1.807) is 0 Å². The van der Waals surface area contributed by atoms with E-state index in [1.165, 1.54) is 11.3 Å². The van der Waals surface area contributed by atoms with Gasteiger partial charge in [-0.05, 0) is 66.9 Å². The number of nitrogens with zero attached hydrogens (tertiary/aromatic N) is 4. The summed E-state index contributed by atoms with van der Waals surface area (Å²) in [4.78, 5) is 0. The van der Waals surface area contributed by atoms with Crippen LogP contribution in [0.15, 0.2) is 83.0 Å². The standard InChI is InChI=1S/C26H24Cl2N4/c1-17-25(18(2)29-31-16-15-19-5-3-4-6-24(19)31)30-32(23-13-11-22(28)12-14-23)26(17)20-7-9-21(27)10-8-20/h3-14,17,26H,15-16H2,1-2H3/b29-18+/t17-,26-/m1/s1. The van der Waals surface area contributed by atoms with Gasteiger partial charge in [0.25, 0.3) is 0 Å². The Bertz CT molecular complexity index is 1190. The maximum Gasteiger partial charge on any atom is 0.0892 e. The SMILES string of the molecule is C/C(=N\N1CCc2ccccc21)C1=NN(c2ccc(Cl)cc2)[C@@H](c2ccc(Cl)cc2)[C@@H]1C. The number of anilines is 2. The zero-order valence-electron chi connectivity index (χ0n) is 18.0. The second-order valence-corrected chi connectivity index (χ2v) is 9.15. The first kappa shape index (κ1) is 21.0. The molecular formula is C26H24Cl2N4. The maximum atomic E-state index is 6.16. The summed E-state index contributed by atoms with van der Waals surface area (Å²) >= 11 is 12.3. The van der Waals surface area contributed by atoms with Crippen LogP contribution in [0.2, 0.25) is 10.0 Å². The smallest absolute Gasteiger partial charge is 0.0892 e. The van der Waals surface area contributed by atoms with Gasteiger partial charge in [-0.15, -0.1) is 0 Å². The van der Waals surface area contributed by atoms with E-state index < -0.39 is 0 Å². The summed E-state index contributed by atoms with van der Waals surface area (Å²) in [6, 6.07) is 24.3. The lowest BCUT2D eigenvalue weighted by molar-refractivity contribution is 0.590. The maximum absolute atomic E-state index is 6.16. The molecule has 2 aliphatic rings. The van der Waals surface area contributed by atoms with Crippen molar-refractivity contribution in [2.24, 2.45) is 16.1 Å². The van der Waals surface area contributed by atoms with E-state index in [1.807, 2.05) is 36.4 Å². The zero-order valence-corrected chi connectivity index (χ0v) is 19.6. The average molecular weight is 463 g/mol. The number of halogens is 2. The van der Waals surface area contributed by atoms with Crippen molar-refractivity contribution >= 4 is 46.0 Å². The summed E-state index contributed by atoms with van der Waals surface area (Å²) in [5.74, 6) is 0.147. The number of hydrogen-bond donors (Lipinski definition) is 0. The van der Waals surface area contributed by atoms with Gasteiger partial charge < -0.3 is 0 Å². The van der Waals surface area contributed by atoms with Gasteiger partial charge in [-0.2, -0.15) is 10.2 Å². The van der Waals surface area contributed by atoms with Crippen LogP contribution in [0.5, 0.6) is 0 Å². The molecular weight excluding hydrogens is 439 g/mol. The molecule has 3 aromatic rings. The summed E-state index contributed by atoms with van der Waals surface area (Å²) in [6.45, 7) is 5.16. The van der Waals surface area contributed by atoms with Crippen LogP contribution >= 0.6 is 23.2 Å². The lowest BCUT2D eigenvalue weighted by Gasteiger charge is -2.27. The van der Waals surface area contributed by atoms with Gasteiger partial charge in [-0.1, -0.05) is 60.5 Å². The third-order valence-electron chi connectivity index (χ3n) is 6.19. The Labute approximate surface area is 198 Å². The second-order valence-electron chi connectivity index (χ2n) is 8.28. The lowest BCUT2D eigenvalue weighted by Crippen LogP contribution is -2.26. The van der Waals surface area contributed by atoms with E-state index in [2.05, 4.69) is 60.3 Å². The number of fused-ring (bicyclic) bond motifs is 1. The molecule has 3 aromatic carbocycles. The Hall–Kier alpha value is -2.82. The summed E-state index contributed by atoms with van der Waals surface area (Å²) in [6.07, 6.45) is 1.01. The van der Waals surface area contributed by atoms with Crippen molar-refractivity contribution in [2.45, 2.75) is 26.3 Å². The summed E-state index contributed by atoms with van der Waals surface area (Å²) in [7, 11) is 0. The number of para-hydroxylation sites is 1. The fraction of sp³-hybridized carbons (Fsp3) is 0.231. The second kappa shape index (κ2) is 8.61. The van der Waals surface area contributed by atoms with E-state index in [-0.39, 0.29) is 12.0 Å². The molecule has 4 nitrogen and oxygen atoms in total. The first-order chi connectivity index (χ1) is 15.5. The molecule has 0 radical (unpaired) electrons. The highest BCUT2D eigenvalue weighted by atomic mass is 35.5. The van der Waals surface area contributed by atoms with E-state index >= 15 is 0 Å². The summed E-state index contributed by atoms with van der Waals surface area (Å²) < 4.78 is 0. The number of rotatable bonds is 4. The van der Waals surface area contributed by atoms with E-state index in [9.17, 15) is 0 Å². The summed E-state index contributed by atoms with van der Waals surface area (Å²) in [5, 5.41) is 15.7. The minimum Gasteiger partial charge on any atom is -0.265 e. The van der Waals surface area contributed by atoms with Gasteiger partial charge in [0.05, 0.1) is 28.8 Å². The van der Waals surface area contributed by atoms with Crippen LogP contribution in [0.3, 0.4) is 0 Å². The first-order valence-electron chi connectivity index (χ1n) is 10.8. The molecule has 5 rings (SSSR count). The van der Waals surface area contributed by atoms with Crippen LogP contribution in [-0.2, 0) is 6.42 Å². The Morgan fingerprint density at radius 2 is 1.59 bits per heavy atom. The number of hydrazone groups is 2. The van der Waals surface area contributed by atoms with Crippen LogP contribution in [0.25, 0.3) is 0 Å². The quantitative estimate of drug-likeness (QED) is 0.391. The predicted octanol–water partition coefficient (Wildman–Crippen LogP) is 6.99. The fourth-order valence-electron chi connectivity index (χ4n) is 4.59. The molecule has 6 heteroatoms. The third-order valence-corrected chi connectivity index (χ3v) is 6.69. The van der Waals surface area contributed by atoms with Gasteiger partial charge >= 0.3 is 0 Å². The molecule has 2 atom stereocenters. The molecule has 0 N–H and O–H groups in total. The highest BCUT2D eigenvalue weighted by Crippen LogP contribution is 2.40. The molecule has 0 unspecified atom stereocenters. The van der Waals surface area contributed by atoms with Crippen molar-refractivity contribution < 1.29 is 0 Å². The molecule has 2 heterocycles. The van der Waals surface area contributed by atoms with Crippen LogP contribution in [0.1, 0.15) is 31.0 Å². The van der Waals surface area contributed by atoms with Crippen LogP contribution in [0, 0.1) is 5.92 Å². The van der Waals surface area contributed by atoms with Gasteiger partial charge in [0.1, 0.15) is 0 Å². The Morgan fingerprint density at radius 3 is 2.31 bits per heavy atom. The molecule has 0 fully saturated rings. The Morgan fingerprint density at radius 1 is 0.938 bits per heavy atom. The Balaban J connectivity index is 1.52. The largest absolute Gasteiger partial charge is 0.265 e. The van der Waals surface area contributed by atoms with Crippen molar-refractivity contribution in [3.8, 4) is 0 Å². The minimum absolute atomic E-state index is 0.0412. The lowest BCUT2D eigenvalue weighted by atomic mass is 9.90. The highest BCUT2D eigenvalue weighted by Gasteiger charge is 2.37. The van der Waals surface area contributed by atoms with Crippen molar-refractivity contribution in [1.29, 1.82) is 0 Å². The monoisotopic (exact) mass is 462 g/mol. The topological polar surface area (TPSA) is 31.2 Å². The van der Waals surface area contributed by atoms with E-state index in [0.29, 0.717) is 5.02 Å². The molecule has 0 saturated carbocycles. The number of hydrogen-bond acceptors (Lipinski definition) is 4. The molecule has 0 bridgehead atoms. The van der Waals surface area contributed by atoms with E-state index in [0.717, 1.165) is 40.7 Å². The molecule has 0 amide bonds. The van der Waals surface area contributed by atoms with Gasteiger partial charge in [0, 0.05) is 22.5 Å². The molecule has 0 aliphatic carbocycles. The third kappa shape index (κ3) is 3.89. The van der Waals surface area contributed by atoms with Gasteiger partial charge in [0.2, 0.25) is 0 Å². The Kier molecular flexibility index (Phi) is 5.66. The van der Waals surface area contributed by atoms with Crippen molar-refractivity contribution in [3.05, 3.63) is 94.0 Å². The van der Waals surface area contributed by atoms with Gasteiger partial charge in [-0.25, -0.2) is 0 Å². The van der Waals surface area contributed by atoms with Crippen LogP contribution < -0.4 is 10.0 Å². The zero-order chi connectivity index (χ0) is 22.2. The van der Waals surface area contributed by atoms with Crippen LogP contribution in [-0.4, -0.2) is 18.0 Å². The molecule has 2 aliphatic heterocycles. The van der Waals surface area contributed by atoms with Crippen LogP contribution in [0.4, 0.5) is 11.4 Å². The van der Waals surface area contributed by atoms with Gasteiger partial charge in [-0.3, -0.25) is 10.0 Å². The molecule has 0 saturated heterocycles. The van der Waals surface area contributed by atoms with Crippen molar-refractivity contribution in [3.63, 3.8) is 0 Å². The predicted molar refractivity (Wildman–Crippen MR) is 135 cm³/mol. The summed E-state index contributed by atoms with van der Waals surface area (Å²) in [5.41, 5.74) is 6.61. The highest BCUT2D eigenvalue weighted by molar-refractivity contribution is 6.43. The molecule has 32 heavy (non-hydrogen) atoms. The molecule has 0 spiro atoms. The number of benzene rings is 3. The van der Waals surface area contributed by atoms with E-state index in [4.69, 9.17) is 33.4 Å². The fourth-order valence-corrected chi connectivity index (χ4v) is 4.84. The first-order valence-corrected chi connectivity index (χ1v) is 11.6. The minimum atomic E-state index is 0.0412. The van der Waals surface area contributed by atoms with Gasteiger partial charge in [0.15, 0.2) is 0 Å². The molecule has 0 aromatic heterocycles. The normalized spacial score (nSPS) is 20.5.